The topological polar surface area (TPSA) is 47.6 Å². The maximum absolute atomic E-state index is 11.7. The monoisotopic (exact) mass is 288 g/mol. The lowest BCUT2D eigenvalue weighted by Crippen LogP contribution is -2.31. The summed E-state index contributed by atoms with van der Waals surface area (Å²) in [5.41, 5.74) is 2.07. The third-order valence-electron chi connectivity index (χ3n) is 4.34. The van der Waals surface area contributed by atoms with Crippen molar-refractivity contribution in [2.45, 2.75) is 32.4 Å². The van der Waals surface area contributed by atoms with Crippen molar-refractivity contribution in [2.24, 2.45) is 0 Å². The molecule has 0 bridgehead atoms. The number of nitrogens with one attached hydrogen (secondary N) is 2. The van der Waals surface area contributed by atoms with Gasteiger partial charge in [-0.25, -0.2) is 4.79 Å². The molecular formula is C16H24N4O. The van der Waals surface area contributed by atoms with Crippen LogP contribution in [-0.4, -0.2) is 49.2 Å². The van der Waals surface area contributed by atoms with E-state index in [4.69, 9.17) is 0 Å². The maximum atomic E-state index is 11.7. The van der Waals surface area contributed by atoms with Crippen molar-refractivity contribution >= 4 is 17.4 Å². The van der Waals surface area contributed by atoms with E-state index in [1.807, 2.05) is 12.1 Å². The van der Waals surface area contributed by atoms with E-state index in [0.29, 0.717) is 12.1 Å². The van der Waals surface area contributed by atoms with Gasteiger partial charge in [-0.15, -0.1) is 0 Å². The Labute approximate surface area is 126 Å². The predicted octanol–water partition coefficient (Wildman–Crippen LogP) is 2.11. The molecule has 2 N–H and O–H groups in total. The van der Waals surface area contributed by atoms with Gasteiger partial charge in [-0.05, 0) is 38.5 Å². The van der Waals surface area contributed by atoms with Crippen LogP contribution >= 0.6 is 0 Å². The first kappa shape index (κ1) is 14.2. The Hall–Kier alpha value is -1.75. The van der Waals surface area contributed by atoms with Gasteiger partial charge in [0, 0.05) is 49.6 Å². The van der Waals surface area contributed by atoms with Crippen molar-refractivity contribution in [1.82, 2.24) is 10.2 Å². The second-order valence-electron chi connectivity index (χ2n) is 6.15. The second-order valence-corrected chi connectivity index (χ2v) is 6.15. The number of hydrogen-bond acceptors (Lipinski definition) is 3. The molecule has 0 aromatic heterocycles. The van der Waals surface area contributed by atoms with E-state index in [1.165, 1.54) is 6.42 Å². The van der Waals surface area contributed by atoms with E-state index in [9.17, 15) is 4.79 Å². The summed E-state index contributed by atoms with van der Waals surface area (Å²) in [4.78, 5) is 16.0. The number of amides is 2. The van der Waals surface area contributed by atoms with Crippen LogP contribution in [0, 0.1) is 0 Å². The van der Waals surface area contributed by atoms with Gasteiger partial charge in [0.2, 0.25) is 0 Å². The molecule has 2 heterocycles. The highest BCUT2D eigenvalue weighted by molar-refractivity contribution is 5.94. The fraction of sp³-hybridized carbons (Fsp3) is 0.562. The average Bonchev–Trinajstić information content (AvgIpc) is 3.08. The molecule has 21 heavy (non-hydrogen) atoms. The molecule has 1 unspecified atom stereocenters. The van der Waals surface area contributed by atoms with Crippen LogP contribution in [-0.2, 0) is 0 Å². The van der Waals surface area contributed by atoms with Crippen LogP contribution in [0.3, 0.4) is 0 Å². The van der Waals surface area contributed by atoms with Crippen molar-refractivity contribution in [3.63, 3.8) is 0 Å². The first-order chi connectivity index (χ1) is 10.1. The Balaban J connectivity index is 1.65. The van der Waals surface area contributed by atoms with E-state index in [-0.39, 0.29) is 6.03 Å². The molecule has 1 aromatic rings. The summed E-state index contributed by atoms with van der Waals surface area (Å²) in [6, 6.07) is 9.26. The van der Waals surface area contributed by atoms with E-state index < -0.39 is 0 Å². The second kappa shape index (κ2) is 5.93. The number of carbonyl (C=O) groups excluding carboxylic acids is 1. The zero-order chi connectivity index (χ0) is 14.8. The highest BCUT2D eigenvalue weighted by Gasteiger charge is 2.25. The van der Waals surface area contributed by atoms with Crippen molar-refractivity contribution in [1.29, 1.82) is 0 Å². The van der Waals surface area contributed by atoms with Crippen LogP contribution in [0.2, 0.25) is 0 Å². The van der Waals surface area contributed by atoms with Gasteiger partial charge in [0.15, 0.2) is 0 Å². The van der Waals surface area contributed by atoms with Crippen molar-refractivity contribution in [3.05, 3.63) is 24.3 Å². The molecule has 2 amide bonds. The number of rotatable bonds is 4. The van der Waals surface area contributed by atoms with Gasteiger partial charge in [0.05, 0.1) is 0 Å². The highest BCUT2D eigenvalue weighted by atomic mass is 16.2. The van der Waals surface area contributed by atoms with Crippen LogP contribution in [0.25, 0.3) is 0 Å². The minimum atomic E-state index is -0.000927. The number of hydrogen-bond donors (Lipinski definition) is 2. The molecule has 0 radical (unpaired) electrons. The summed E-state index contributed by atoms with van der Waals surface area (Å²) in [6.07, 6.45) is 1.17. The summed E-state index contributed by atoms with van der Waals surface area (Å²) < 4.78 is 0. The number of likely N-dealkylation sites (tertiary alicyclic amines) is 1. The zero-order valence-corrected chi connectivity index (χ0v) is 12.8. The molecule has 1 aromatic carbocycles. The Morgan fingerprint density at radius 1 is 1.33 bits per heavy atom. The molecule has 5 heteroatoms. The molecule has 0 aliphatic carbocycles. The Kier molecular flexibility index (Phi) is 4.01. The van der Waals surface area contributed by atoms with E-state index in [1.54, 1.807) is 4.90 Å². The summed E-state index contributed by atoms with van der Waals surface area (Å²) in [7, 11) is 0. The van der Waals surface area contributed by atoms with Gasteiger partial charge in [-0.1, -0.05) is 6.07 Å². The van der Waals surface area contributed by atoms with Crippen molar-refractivity contribution in [3.8, 4) is 0 Å². The first-order valence-electron chi connectivity index (χ1n) is 7.79. The minimum Gasteiger partial charge on any atom is -0.381 e. The molecule has 0 spiro atoms. The van der Waals surface area contributed by atoms with Crippen LogP contribution in [0.1, 0.15) is 20.3 Å². The van der Waals surface area contributed by atoms with Crippen LogP contribution in [0.15, 0.2) is 24.3 Å². The van der Waals surface area contributed by atoms with Gasteiger partial charge < -0.3 is 10.6 Å². The van der Waals surface area contributed by atoms with Gasteiger partial charge in [0.1, 0.15) is 0 Å². The van der Waals surface area contributed by atoms with Gasteiger partial charge in [0.25, 0.3) is 0 Å². The first-order valence-corrected chi connectivity index (χ1v) is 7.79. The fourth-order valence-electron chi connectivity index (χ4n) is 3.09. The van der Waals surface area contributed by atoms with Crippen LogP contribution in [0.4, 0.5) is 16.2 Å². The number of nitrogens with zero attached hydrogens (tertiary/aromatic N) is 2. The molecule has 3 rings (SSSR count). The van der Waals surface area contributed by atoms with Crippen molar-refractivity contribution in [2.75, 3.05) is 36.4 Å². The molecule has 2 fully saturated rings. The summed E-state index contributed by atoms with van der Waals surface area (Å²) in [5.74, 6) is 0. The quantitative estimate of drug-likeness (QED) is 0.892. The largest absolute Gasteiger partial charge is 0.381 e. The molecule has 2 aliphatic heterocycles. The van der Waals surface area contributed by atoms with Crippen LogP contribution < -0.4 is 15.5 Å². The Morgan fingerprint density at radius 3 is 2.86 bits per heavy atom. The molecule has 1 atom stereocenters. The lowest BCUT2D eigenvalue weighted by atomic mass is 10.2. The van der Waals surface area contributed by atoms with Gasteiger partial charge in [-0.2, -0.15) is 0 Å². The molecule has 2 aliphatic rings. The summed E-state index contributed by atoms with van der Waals surface area (Å²) in [5, 5.41) is 6.44. The Morgan fingerprint density at radius 2 is 2.19 bits per heavy atom. The van der Waals surface area contributed by atoms with E-state index >= 15 is 0 Å². The summed E-state index contributed by atoms with van der Waals surface area (Å²) >= 11 is 0. The Bertz CT molecular complexity index is 517. The average molecular weight is 288 g/mol. The van der Waals surface area contributed by atoms with Gasteiger partial charge >= 0.3 is 6.03 Å². The lowest BCUT2D eigenvalue weighted by molar-refractivity contribution is 0.252. The zero-order valence-electron chi connectivity index (χ0n) is 12.8. The number of anilines is 2. The smallest absolute Gasteiger partial charge is 0.321 e. The fourth-order valence-corrected chi connectivity index (χ4v) is 3.09. The maximum Gasteiger partial charge on any atom is 0.321 e. The molecule has 0 saturated carbocycles. The number of carbonyl (C=O) groups is 1. The van der Waals surface area contributed by atoms with E-state index in [2.05, 4.69) is 41.5 Å². The third kappa shape index (κ3) is 3.13. The normalized spacial score (nSPS) is 22.9. The number of urea groups is 1. The van der Waals surface area contributed by atoms with Crippen molar-refractivity contribution < 1.29 is 4.79 Å². The lowest BCUT2D eigenvalue weighted by Gasteiger charge is -2.21. The molecule has 114 valence electrons. The molecule has 2 saturated heterocycles. The number of benzene rings is 1. The minimum absolute atomic E-state index is 0.000927. The SMILES string of the molecule is CC(C)N1CCC(Nc2cccc(N3CCNC3=O)c2)C1. The predicted molar refractivity (Wildman–Crippen MR) is 85.9 cm³/mol. The molecule has 5 nitrogen and oxygen atoms in total. The van der Waals surface area contributed by atoms with E-state index in [0.717, 1.165) is 37.6 Å². The standard InChI is InChI=1S/C16H24N4O/c1-12(2)19-8-6-14(11-19)18-13-4-3-5-15(10-13)20-9-7-17-16(20)21/h3-5,10,12,14,18H,6-9,11H2,1-2H3,(H,17,21). The molecular weight excluding hydrogens is 264 g/mol. The van der Waals surface area contributed by atoms with Crippen LogP contribution in [0.5, 0.6) is 0 Å². The highest BCUT2D eigenvalue weighted by Crippen LogP contribution is 2.23. The third-order valence-corrected chi connectivity index (χ3v) is 4.34. The summed E-state index contributed by atoms with van der Waals surface area (Å²) in [6.45, 7) is 8.20. The van der Waals surface area contributed by atoms with Gasteiger partial charge in [-0.3, -0.25) is 9.80 Å².